The van der Waals surface area contributed by atoms with Gasteiger partial charge in [0.05, 0.1) is 6.04 Å². The van der Waals surface area contributed by atoms with E-state index in [1.165, 1.54) is 27.9 Å². The molecule has 2 aliphatic rings. The third-order valence-electron chi connectivity index (χ3n) is 5.76. The van der Waals surface area contributed by atoms with Gasteiger partial charge in [0.1, 0.15) is 0 Å². The van der Waals surface area contributed by atoms with Crippen LogP contribution in [0.1, 0.15) is 52.6 Å². The van der Waals surface area contributed by atoms with E-state index in [1.807, 2.05) is 0 Å². The largest absolute Gasteiger partial charge is 0.347 e. The normalized spacial score (nSPS) is 19.9. The van der Waals surface area contributed by atoms with Crippen LogP contribution in [0.25, 0.3) is 0 Å². The molecule has 0 amide bonds. The molecule has 1 aliphatic carbocycles. The van der Waals surface area contributed by atoms with Gasteiger partial charge in [0, 0.05) is 24.9 Å². The summed E-state index contributed by atoms with van der Waals surface area (Å²) in [7, 11) is 0. The molecule has 0 saturated carbocycles. The van der Waals surface area contributed by atoms with Gasteiger partial charge in [0.15, 0.2) is 0 Å². The number of allylic oxidation sites excluding steroid dienone is 4. The molecule has 24 heavy (non-hydrogen) atoms. The first-order chi connectivity index (χ1) is 11.5. The lowest BCUT2D eigenvalue weighted by atomic mass is 9.86. The fourth-order valence-corrected chi connectivity index (χ4v) is 3.82. The average Bonchev–Trinajstić information content (AvgIpc) is 3.15. The van der Waals surface area contributed by atoms with Crippen molar-refractivity contribution in [3.05, 3.63) is 77.3 Å². The first kappa shape index (κ1) is 16.9. The van der Waals surface area contributed by atoms with E-state index in [2.05, 4.69) is 93.8 Å². The second kappa shape index (κ2) is 6.88. The summed E-state index contributed by atoms with van der Waals surface area (Å²) in [5.41, 5.74) is 7.37. The van der Waals surface area contributed by atoms with Crippen molar-refractivity contribution >= 4 is 0 Å². The maximum Gasteiger partial charge on any atom is 0.208 e. The van der Waals surface area contributed by atoms with E-state index in [0.29, 0.717) is 12.0 Å². The van der Waals surface area contributed by atoms with E-state index < -0.39 is 0 Å². The minimum Gasteiger partial charge on any atom is -0.347 e. The first-order valence-electron chi connectivity index (χ1n) is 8.92. The molecule has 1 unspecified atom stereocenters. The van der Waals surface area contributed by atoms with E-state index in [0.717, 1.165) is 13.0 Å². The number of hydrogen-bond acceptors (Lipinski definition) is 2. The fraction of sp³-hybridized carbons (Fsp3) is 0.409. The van der Waals surface area contributed by atoms with Gasteiger partial charge in [0.25, 0.3) is 0 Å². The molecule has 2 heteroatoms. The molecule has 2 nitrogen and oxygen atoms in total. The van der Waals surface area contributed by atoms with Crippen molar-refractivity contribution in [2.45, 2.75) is 47.1 Å². The van der Waals surface area contributed by atoms with Gasteiger partial charge in [0.2, 0.25) is 6.67 Å². The molecule has 0 N–H and O–H groups in total. The van der Waals surface area contributed by atoms with Crippen LogP contribution in [0, 0.1) is 12.6 Å². The van der Waals surface area contributed by atoms with Gasteiger partial charge in [-0.3, -0.25) is 0 Å². The van der Waals surface area contributed by atoms with Crippen molar-refractivity contribution in [1.29, 1.82) is 0 Å². The van der Waals surface area contributed by atoms with Crippen LogP contribution < -0.4 is 0 Å². The zero-order valence-electron chi connectivity index (χ0n) is 15.5. The molecule has 1 aliphatic heterocycles. The molecule has 126 valence electrons. The van der Waals surface area contributed by atoms with Crippen molar-refractivity contribution in [3.8, 4) is 0 Å². The van der Waals surface area contributed by atoms with Crippen molar-refractivity contribution in [2.75, 3.05) is 6.54 Å². The summed E-state index contributed by atoms with van der Waals surface area (Å²) in [6.45, 7) is 15.7. The van der Waals surface area contributed by atoms with E-state index >= 15 is 0 Å². The first-order valence-corrected chi connectivity index (χ1v) is 8.92. The SMILES string of the molecule is CCN1[C]N(C(CC2C(C)=C(C)C(C)=C2C)c2ccccc2)C=C1. The van der Waals surface area contributed by atoms with Gasteiger partial charge < -0.3 is 9.80 Å². The Hall–Kier alpha value is -1.96. The summed E-state index contributed by atoms with van der Waals surface area (Å²) < 4.78 is 0. The highest BCUT2D eigenvalue weighted by atomic mass is 15.3. The van der Waals surface area contributed by atoms with Gasteiger partial charge >= 0.3 is 0 Å². The molecule has 0 bridgehead atoms. The maximum atomic E-state index is 3.49. The highest BCUT2D eigenvalue weighted by Gasteiger charge is 2.31. The molecule has 2 radical (unpaired) electrons. The molecular weight excluding hydrogens is 292 g/mol. The molecular formula is C22H28N2. The molecule has 1 aromatic rings. The number of nitrogens with zero attached hydrogens (tertiary/aromatic N) is 2. The van der Waals surface area contributed by atoms with Gasteiger partial charge in [-0.25, -0.2) is 0 Å². The summed E-state index contributed by atoms with van der Waals surface area (Å²) in [5.74, 6) is 0.529. The van der Waals surface area contributed by atoms with Gasteiger partial charge in [-0.05, 0) is 57.7 Å². The zero-order chi connectivity index (χ0) is 17.3. The van der Waals surface area contributed by atoms with Crippen molar-refractivity contribution in [1.82, 2.24) is 9.80 Å². The molecule has 0 spiro atoms. The lowest BCUT2D eigenvalue weighted by Gasteiger charge is -2.31. The Morgan fingerprint density at radius 3 is 2.12 bits per heavy atom. The van der Waals surface area contributed by atoms with E-state index in [9.17, 15) is 0 Å². The Labute approximate surface area is 147 Å². The smallest absolute Gasteiger partial charge is 0.208 e. The molecule has 0 fully saturated rings. The second-order valence-corrected chi connectivity index (χ2v) is 6.92. The predicted molar refractivity (Wildman–Crippen MR) is 101 cm³/mol. The van der Waals surface area contributed by atoms with Crippen molar-refractivity contribution in [3.63, 3.8) is 0 Å². The molecule has 0 saturated heterocycles. The van der Waals surface area contributed by atoms with E-state index in [1.54, 1.807) is 0 Å². The standard InChI is InChI=1S/C22H28N2/c1-6-23-12-13-24(15-23)22(20-10-8-7-9-11-20)14-21-18(4)16(2)17(3)19(21)5/h7-13,21-22H,6,14H2,1-5H3. The van der Waals surface area contributed by atoms with Gasteiger partial charge in [-0.2, -0.15) is 0 Å². The van der Waals surface area contributed by atoms with Crippen molar-refractivity contribution in [2.24, 2.45) is 5.92 Å². The predicted octanol–water partition coefficient (Wildman–Crippen LogP) is 5.53. The second-order valence-electron chi connectivity index (χ2n) is 6.92. The summed E-state index contributed by atoms with van der Waals surface area (Å²) >= 11 is 0. The minimum absolute atomic E-state index is 0.313. The van der Waals surface area contributed by atoms with Crippen LogP contribution in [0.3, 0.4) is 0 Å². The lowest BCUT2D eigenvalue weighted by Crippen LogP contribution is -2.26. The molecule has 1 atom stereocenters. The monoisotopic (exact) mass is 320 g/mol. The molecule has 3 rings (SSSR count). The summed E-state index contributed by atoms with van der Waals surface area (Å²) in [6, 6.07) is 11.1. The zero-order valence-corrected chi connectivity index (χ0v) is 15.5. The average molecular weight is 320 g/mol. The molecule has 1 aromatic carbocycles. The Bertz CT molecular complexity index is 657. The van der Waals surface area contributed by atoms with Crippen LogP contribution in [-0.4, -0.2) is 16.3 Å². The third-order valence-corrected chi connectivity index (χ3v) is 5.76. The van der Waals surface area contributed by atoms with Crippen LogP contribution in [0.4, 0.5) is 0 Å². The Morgan fingerprint density at radius 2 is 1.58 bits per heavy atom. The van der Waals surface area contributed by atoms with E-state index in [-0.39, 0.29) is 0 Å². The highest BCUT2D eigenvalue weighted by Crippen LogP contribution is 2.43. The number of rotatable bonds is 5. The Morgan fingerprint density at radius 1 is 0.958 bits per heavy atom. The number of benzene rings is 1. The van der Waals surface area contributed by atoms with Gasteiger partial charge in [-0.1, -0.05) is 41.5 Å². The summed E-state index contributed by atoms with van der Waals surface area (Å²) in [5, 5.41) is 0. The highest BCUT2D eigenvalue weighted by molar-refractivity contribution is 5.46. The quantitative estimate of drug-likeness (QED) is 0.704. The number of hydrogen-bond donors (Lipinski definition) is 0. The summed E-state index contributed by atoms with van der Waals surface area (Å²) in [4.78, 5) is 4.37. The molecule has 0 aromatic heterocycles. The topological polar surface area (TPSA) is 6.48 Å². The molecule has 1 heterocycles. The fourth-order valence-electron chi connectivity index (χ4n) is 3.82. The van der Waals surface area contributed by atoms with Gasteiger partial charge in [-0.15, -0.1) is 0 Å². The third kappa shape index (κ3) is 3.02. The lowest BCUT2D eigenvalue weighted by molar-refractivity contribution is 0.260. The Balaban J connectivity index is 1.88. The van der Waals surface area contributed by atoms with Crippen LogP contribution in [0.15, 0.2) is 65.0 Å². The van der Waals surface area contributed by atoms with Crippen LogP contribution in [0.5, 0.6) is 0 Å². The Kier molecular flexibility index (Phi) is 4.84. The minimum atomic E-state index is 0.313. The van der Waals surface area contributed by atoms with E-state index in [4.69, 9.17) is 0 Å². The van der Waals surface area contributed by atoms with Crippen LogP contribution >= 0.6 is 0 Å². The van der Waals surface area contributed by atoms with Crippen molar-refractivity contribution < 1.29 is 0 Å². The van der Waals surface area contributed by atoms with Crippen LogP contribution in [-0.2, 0) is 0 Å². The maximum absolute atomic E-state index is 3.49. The van der Waals surface area contributed by atoms with Crippen LogP contribution in [0.2, 0.25) is 0 Å². The summed E-state index contributed by atoms with van der Waals surface area (Å²) in [6.07, 6.45) is 5.37.